The van der Waals surface area contributed by atoms with Crippen molar-refractivity contribution in [2.75, 3.05) is 6.61 Å². The number of nitrogens with one attached hydrogen (secondary N) is 1. The van der Waals surface area contributed by atoms with Crippen LogP contribution in [0.25, 0.3) is 0 Å². The van der Waals surface area contributed by atoms with Crippen molar-refractivity contribution in [3.05, 3.63) is 29.3 Å². The zero-order valence-electron chi connectivity index (χ0n) is 8.00. The van der Waals surface area contributed by atoms with Crippen molar-refractivity contribution >= 4 is 0 Å². The molecule has 1 rings (SSSR count). The summed E-state index contributed by atoms with van der Waals surface area (Å²) in [6.45, 7) is 5.06. The van der Waals surface area contributed by atoms with Gasteiger partial charge in [-0.2, -0.15) is 0 Å². The highest BCUT2D eigenvalue weighted by Crippen LogP contribution is 2.16. The van der Waals surface area contributed by atoms with E-state index in [1.807, 2.05) is 32.0 Å². The van der Waals surface area contributed by atoms with Crippen molar-refractivity contribution in [2.45, 2.75) is 20.4 Å². The molecular weight excluding hydrogens is 166 g/mol. The van der Waals surface area contributed by atoms with Gasteiger partial charge in [-0.15, -0.1) is 0 Å². The standard InChI is InChI=1S/C10H15NO2/c1-3-13-10-5-8(2)4-9(6-10)7-11-12/h4-6,11-12H,3,7H2,1-2H3. The van der Waals surface area contributed by atoms with Gasteiger partial charge in [0.2, 0.25) is 0 Å². The SMILES string of the molecule is CCOc1cc(C)cc(CNO)c1. The van der Waals surface area contributed by atoms with Crippen LogP contribution < -0.4 is 10.2 Å². The van der Waals surface area contributed by atoms with Crippen LogP contribution in [0.4, 0.5) is 0 Å². The molecule has 0 saturated carbocycles. The quantitative estimate of drug-likeness (QED) is 0.697. The second-order valence-corrected chi connectivity index (χ2v) is 2.92. The average molecular weight is 181 g/mol. The molecule has 0 fully saturated rings. The Bertz CT molecular complexity index is 249. The third-order valence-electron chi connectivity index (χ3n) is 1.70. The number of rotatable bonds is 4. The van der Waals surface area contributed by atoms with Gasteiger partial charge in [0.05, 0.1) is 6.61 Å². The monoisotopic (exact) mass is 181 g/mol. The average Bonchev–Trinajstić information content (AvgIpc) is 2.04. The molecule has 3 heteroatoms. The Morgan fingerprint density at radius 3 is 2.77 bits per heavy atom. The Balaban J connectivity index is 2.83. The molecule has 0 aliphatic rings. The van der Waals surface area contributed by atoms with Crippen molar-refractivity contribution in [3.8, 4) is 5.75 Å². The van der Waals surface area contributed by atoms with Gasteiger partial charge in [0, 0.05) is 6.54 Å². The van der Waals surface area contributed by atoms with Crippen LogP contribution in [0.15, 0.2) is 18.2 Å². The van der Waals surface area contributed by atoms with E-state index in [9.17, 15) is 0 Å². The van der Waals surface area contributed by atoms with E-state index >= 15 is 0 Å². The van der Waals surface area contributed by atoms with Crippen LogP contribution in [0, 0.1) is 6.92 Å². The highest BCUT2D eigenvalue weighted by Gasteiger charge is 1.98. The Kier molecular flexibility index (Phi) is 3.73. The topological polar surface area (TPSA) is 41.5 Å². The zero-order chi connectivity index (χ0) is 9.68. The molecule has 72 valence electrons. The molecule has 0 aliphatic heterocycles. The molecule has 0 spiro atoms. The minimum Gasteiger partial charge on any atom is -0.494 e. The summed E-state index contributed by atoms with van der Waals surface area (Å²) in [5.74, 6) is 0.854. The maximum Gasteiger partial charge on any atom is 0.119 e. The highest BCUT2D eigenvalue weighted by atomic mass is 16.5. The fraction of sp³-hybridized carbons (Fsp3) is 0.400. The first kappa shape index (κ1) is 10.0. The normalized spacial score (nSPS) is 10.1. The molecule has 0 unspecified atom stereocenters. The smallest absolute Gasteiger partial charge is 0.119 e. The molecule has 0 aliphatic carbocycles. The lowest BCUT2D eigenvalue weighted by molar-refractivity contribution is 0.161. The molecule has 0 radical (unpaired) electrons. The molecule has 0 amide bonds. The lowest BCUT2D eigenvalue weighted by atomic mass is 10.1. The summed E-state index contributed by atoms with van der Waals surface area (Å²) in [7, 11) is 0. The number of hydrogen-bond donors (Lipinski definition) is 2. The van der Waals surface area contributed by atoms with E-state index in [0.717, 1.165) is 16.9 Å². The second-order valence-electron chi connectivity index (χ2n) is 2.92. The minimum atomic E-state index is 0.446. The Morgan fingerprint density at radius 1 is 1.38 bits per heavy atom. The predicted octanol–water partition coefficient (Wildman–Crippen LogP) is 1.87. The first-order chi connectivity index (χ1) is 6.26. The van der Waals surface area contributed by atoms with E-state index in [4.69, 9.17) is 9.94 Å². The summed E-state index contributed by atoms with van der Waals surface area (Å²) in [5.41, 5.74) is 4.28. The van der Waals surface area contributed by atoms with Crippen molar-refractivity contribution in [2.24, 2.45) is 0 Å². The van der Waals surface area contributed by atoms with Gasteiger partial charge in [-0.1, -0.05) is 6.07 Å². The van der Waals surface area contributed by atoms with Crippen molar-refractivity contribution in [1.29, 1.82) is 0 Å². The van der Waals surface area contributed by atoms with Gasteiger partial charge in [0.15, 0.2) is 0 Å². The van der Waals surface area contributed by atoms with Crippen LogP contribution in [-0.4, -0.2) is 11.8 Å². The summed E-state index contributed by atoms with van der Waals surface area (Å²) in [6, 6.07) is 5.90. The molecule has 1 aromatic rings. The molecule has 3 nitrogen and oxygen atoms in total. The molecule has 0 heterocycles. The second kappa shape index (κ2) is 4.84. The van der Waals surface area contributed by atoms with E-state index in [-0.39, 0.29) is 0 Å². The van der Waals surface area contributed by atoms with Gasteiger partial charge in [-0.25, -0.2) is 5.48 Å². The zero-order valence-corrected chi connectivity index (χ0v) is 8.00. The molecule has 0 aromatic heterocycles. The lowest BCUT2D eigenvalue weighted by Crippen LogP contribution is -2.06. The summed E-state index contributed by atoms with van der Waals surface area (Å²) in [5, 5.41) is 8.54. The maximum atomic E-state index is 8.54. The van der Waals surface area contributed by atoms with Crippen LogP contribution in [0.1, 0.15) is 18.1 Å². The van der Waals surface area contributed by atoms with E-state index in [2.05, 4.69) is 5.48 Å². The van der Waals surface area contributed by atoms with E-state index in [1.165, 1.54) is 0 Å². The third-order valence-corrected chi connectivity index (χ3v) is 1.70. The van der Waals surface area contributed by atoms with Crippen LogP contribution in [0.5, 0.6) is 5.75 Å². The van der Waals surface area contributed by atoms with E-state index < -0.39 is 0 Å². The maximum absolute atomic E-state index is 8.54. The van der Waals surface area contributed by atoms with Gasteiger partial charge < -0.3 is 9.94 Å². The molecular formula is C10H15NO2. The van der Waals surface area contributed by atoms with Gasteiger partial charge in [-0.3, -0.25) is 0 Å². The van der Waals surface area contributed by atoms with Gasteiger partial charge in [0.1, 0.15) is 5.75 Å². The fourth-order valence-electron chi connectivity index (χ4n) is 1.27. The first-order valence-corrected chi connectivity index (χ1v) is 4.36. The van der Waals surface area contributed by atoms with E-state index in [0.29, 0.717) is 13.2 Å². The molecule has 0 atom stereocenters. The first-order valence-electron chi connectivity index (χ1n) is 4.36. The number of benzene rings is 1. The van der Waals surface area contributed by atoms with Crippen LogP contribution >= 0.6 is 0 Å². The number of aryl methyl sites for hydroxylation is 1. The third kappa shape index (κ3) is 3.05. The summed E-state index contributed by atoms with van der Waals surface area (Å²) >= 11 is 0. The molecule has 0 bridgehead atoms. The lowest BCUT2D eigenvalue weighted by Gasteiger charge is -2.07. The minimum absolute atomic E-state index is 0.446. The molecule has 0 saturated heterocycles. The fourth-order valence-corrected chi connectivity index (χ4v) is 1.27. The summed E-state index contributed by atoms with van der Waals surface area (Å²) in [6.07, 6.45) is 0. The van der Waals surface area contributed by atoms with E-state index in [1.54, 1.807) is 0 Å². The highest BCUT2D eigenvalue weighted by molar-refractivity contribution is 5.33. The van der Waals surface area contributed by atoms with Gasteiger partial charge in [-0.05, 0) is 37.1 Å². The van der Waals surface area contributed by atoms with Crippen molar-refractivity contribution < 1.29 is 9.94 Å². The van der Waals surface area contributed by atoms with Crippen LogP contribution in [0.2, 0.25) is 0 Å². The molecule has 2 N–H and O–H groups in total. The van der Waals surface area contributed by atoms with Crippen LogP contribution in [0.3, 0.4) is 0 Å². The Hall–Kier alpha value is -1.06. The number of hydroxylamine groups is 1. The summed E-state index contributed by atoms with van der Waals surface area (Å²) in [4.78, 5) is 0. The van der Waals surface area contributed by atoms with Gasteiger partial charge >= 0.3 is 0 Å². The number of ether oxygens (including phenoxy) is 1. The van der Waals surface area contributed by atoms with Crippen molar-refractivity contribution in [3.63, 3.8) is 0 Å². The van der Waals surface area contributed by atoms with Gasteiger partial charge in [0.25, 0.3) is 0 Å². The number of hydrogen-bond acceptors (Lipinski definition) is 3. The van der Waals surface area contributed by atoms with Crippen molar-refractivity contribution in [1.82, 2.24) is 5.48 Å². The predicted molar refractivity (Wildman–Crippen MR) is 51.0 cm³/mol. The molecule has 1 aromatic carbocycles. The van der Waals surface area contributed by atoms with Crippen LogP contribution in [-0.2, 0) is 6.54 Å². The largest absolute Gasteiger partial charge is 0.494 e. The Morgan fingerprint density at radius 2 is 2.15 bits per heavy atom. The Labute approximate surface area is 78.3 Å². The summed E-state index contributed by atoms with van der Waals surface area (Å²) < 4.78 is 5.36. The molecule has 13 heavy (non-hydrogen) atoms.